The topological polar surface area (TPSA) is 118 Å². The highest BCUT2D eigenvalue weighted by Gasteiger charge is 2.29. The number of aliphatic carboxylic acids is 1. The number of hydrogen-bond acceptors (Lipinski definition) is 6. The van der Waals surface area contributed by atoms with Crippen LogP contribution >= 0.6 is 0 Å². The molecule has 1 fully saturated rings. The summed E-state index contributed by atoms with van der Waals surface area (Å²) in [5.41, 5.74) is 1.04. The second kappa shape index (κ2) is 9.32. The smallest absolute Gasteiger partial charge is 0.317 e. The molecule has 28 heavy (non-hydrogen) atoms. The van der Waals surface area contributed by atoms with Gasteiger partial charge in [0.1, 0.15) is 6.10 Å². The third kappa shape index (κ3) is 5.53. The SMILES string of the molecule is Cc1nc(C2CN(C(=O)NC(CCC(=O)O)Cc3ccccc3)CCO2)no1. The van der Waals surface area contributed by atoms with Crippen LogP contribution in [0.25, 0.3) is 0 Å². The lowest BCUT2D eigenvalue weighted by Crippen LogP contribution is -2.50. The maximum Gasteiger partial charge on any atom is 0.317 e. The molecule has 2 heterocycles. The summed E-state index contributed by atoms with van der Waals surface area (Å²) in [7, 11) is 0. The van der Waals surface area contributed by atoms with E-state index in [9.17, 15) is 9.59 Å². The Balaban J connectivity index is 1.62. The van der Waals surface area contributed by atoms with Crippen LogP contribution in [-0.4, -0.2) is 57.9 Å². The first-order valence-corrected chi connectivity index (χ1v) is 9.24. The molecule has 3 rings (SSSR count). The summed E-state index contributed by atoms with van der Waals surface area (Å²) in [6.45, 7) is 2.81. The molecule has 2 N–H and O–H groups in total. The van der Waals surface area contributed by atoms with Crippen molar-refractivity contribution in [3.63, 3.8) is 0 Å². The number of amides is 2. The molecule has 0 saturated carbocycles. The van der Waals surface area contributed by atoms with Crippen LogP contribution in [0.15, 0.2) is 34.9 Å². The van der Waals surface area contributed by atoms with Crippen molar-refractivity contribution in [2.45, 2.75) is 38.3 Å². The molecule has 1 aliphatic rings. The molecule has 2 amide bonds. The fraction of sp³-hybridized carbons (Fsp3) is 0.474. The Kier molecular flexibility index (Phi) is 6.59. The number of aryl methyl sites for hydroxylation is 1. The number of ether oxygens (including phenoxy) is 1. The Morgan fingerprint density at radius 3 is 2.82 bits per heavy atom. The third-order valence-electron chi connectivity index (χ3n) is 4.54. The Hall–Kier alpha value is -2.94. The number of urea groups is 1. The number of rotatable bonds is 7. The Bertz CT molecular complexity index is 795. The first-order valence-electron chi connectivity index (χ1n) is 9.24. The van der Waals surface area contributed by atoms with Crippen molar-refractivity contribution in [3.8, 4) is 0 Å². The number of benzene rings is 1. The molecule has 9 heteroatoms. The maximum atomic E-state index is 12.8. The molecular weight excluding hydrogens is 364 g/mol. The van der Waals surface area contributed by atoms with Gasteiger partial charge in [0.05, 0.1) is 13.2 Å². The molecule has 1 aromatic carbocycles. The van der Waals surface area contributed by atoms with E-state index in [0.717, 1.165) is 5.56 Å². The van der Waals surface area contributed by atoms with Gasteiger partial charge in [-0.05, 0) is 18.4 Å². The van der Waals surface area contributed by atoms with Gasteiger partial charge in [-0.3, -0.25) is 4.79 Å². The lowest BCUT2D eigenvalue weighted by Gasteiger charge is -2.33. The summed E-state index contributed by atoms with van der Waals surface area (Å²) in [6.07, 6.45) is 0.473. The zero-order valence-corrected chi connectivity index (χ0v) is 15.7. The molecule has 2 atom stereocenters. The summed E-state index contributed by atoms with van der Waals surface area (Å²) in [4.78, 5) is 29.6. The summed E-state index contributed by atoms with van der Waals surface area (Å²) in [6, 6.07) is 9.16. The van der Waals surface area contributed by atoms with E-state index in [1.54, 1.807) is 11.8 Å². The number of carbonyl (C=O) groups excluding carboxylic acids is 1. The van der Waals surface area contributed by atoms with Crippen LogP contribution in [0.1, 0.15) is 36.2 Å². The summed E-state index contributed by atoms with van der Waals surface area (Å²) in [5.74, 6) is -0.0234. The number of aromatic nitrogens is 2. The van der Waals surface area contributed by atoms with Gasteiger partial charge in [-0.2, -0.15) is 4.98 Å². The monoisotopic (exact) mass is 388 g/mol. The second-order valence-electron chi connectivity index (χ2n) is 6.75. The van der Waals surface area contributed by atoms with E-state index in [2.05, 4.69) is 15.5 Å². The van der Waals surface area contributed by atoms with Gasteiger partial charge in [-0.25, -0.2) is 4.79 Å². The van der Waals surface area contributed by atoms with Crippen LogP contribution in [0, 0.1) is 6.92 Å². The van der Waals surface area contributed by atoms with Gasteiger partial charge in [0, 0.05) is 25.9 Å². The van der Waals surface area contributed by atoms with Gasteiger partial charge in [0.2, 0.25) is 11.7 Å². The summed E-state index contributed by atoms with van der Waals surface area (Å²) >= 11 is 0. The van der Waals surface area contributed by atoms with Crippen molar-refractivity contribution in [1.82, 2.24) is 20.4 Å². The Morgan fingerprint density at radius 2 is 2.14 bits per heavy atom. The van der Waals surface area contributed by atoms with E-state index in [0.29, 0.717) is 44.3 Å². The van der Waals surface area contributed by atoms with Crippen molar-refractivity contribution in [2.24, 2.45) is 0 Å². The fourth-order valence-corrected chi connectivity index (χ4v) is 3.12. The predicted molar refractivity (Wildman–Crippen MR) is 98.6 cm³/mol. The van der Waals surface area contributed by atoms with Crippen molar-refractivity contribution in [3.05, 3.63) is 47.6 Å². The molecular formula is C19H24N4O5. The molecule has 150 valence electrons. The van der Waals surface area contributed by atoms with E-state index < -0.39 is 12.1 Å². The maximum absolute atomic E-state index is 12.8. The minimum Gasteiger partial charge on any atom is -0.481 e. The highest BCUT2D eigenvalue weighted by Crippen LogP contribution is 2.20. The fourth-order valence-electron chi connectivity index (χ4n) is 3.12. The molecule has 0 aliphatic carbocycles. The Labute approximate surface area is 162 Å². The largest absolute Gasteiger partial charge is 0.481 e. The van der Waals surface area contributed by atoms with Crippen molar-refractivity contribution < 1.29 is 24.0 Å². The number of hydrogen-bond donors (Lipinski definition) is 2. The molecule has 1 saturated heterocycles. The number of nitrogens with one attached hydrogen (secondary N) is 1. The molecule has 2 aromatic rings. The first-order chi connectivity index (χ1) is 13.5. The first kappa shape index (κ1) is 19.8. The number of carboxylic acid groups (broad SMARTS) is 1. The van der Waals surface area contributed by atoms with Gasteiger partial charge >= 0.3 is 12.0 Å². The lowest BCUT2D eigenvalue weighted by molar-refractivity contribution is -0.137. The second-order valence-corrected chi connectivity index (χ2v) is 6.75. The van der Waals surface area contributed by atoms with Crippen LogP contribution in [0.3, 0.4) is 0 Å². The summed E-state index contributed by atoms with van der Waals surface area (Å²) in [5, 5.41) is 15.8. The Morgan fingerprint density at radius 1 is 1.36 bits per heavy atom. The predicted octanol–water partition coefficient (Wildman–Crippen LogP) is 1.94. The quantitative estimate of drug-likeness (QED) is 0.744. The van der Waals surface area contributed by atoms with Gasteiger partial charge in [0.25, 0.3) is 0 Å². The molecule has 9 nitrogen and oxygen atoms in total. The molecule has 1 aromatic heterocycles. The zero-order chi connectivity index (χ0) is 19.9. The number of carboxylic acids is 1. The summed E-state index contributed by atoms with van der Waals surface area (Å²) < 4.78 is 10.6. The van der Waals surface area contributed by atoms with E-state index in [4.69, 9.17) is 14.4 Å². The van der Waals surface area contributed by atoms with Crippen LogP contribution < -0.4 is 5.32 Å². The van der Waals surface area contributed by atoms with Gasteiger partial charge < -0.3 is 24.6 Å². The number of carbonyl (C=O) groups is 2. The minimum atomic E-state index is -0.883. The average Bonchev–Trinajstić information content (AvgIpc) is 3.13. The average molecular weight is 388 g/mol. The highest BCUT2D eigenvalue weighted by molar-refractivity contribution is 5.75. The number of nitrogens with zero attached hydrogens (tertiary/aromatic N) is 3. The van der Waals surface area contributed by atoms with Gasteiger partial charge in [-0.1, -0.05) is 35.5 Å². The van der Waals surface area contributed by atoms with E-state index in [-0.39, 0.29) is 18.5 Å². The number of morpholine rings is 1. The van der Waals surface area contributed by atoms with Crippen LogP contribution in [0.5, 0.6) is 0 Å². The standard InChI is InChI=1S/C19H24N4O5/c1-13-20-18(22-28-13)16-12-23(9-10-27-16)19(26)21-15(7-8-17(24)25)11-14-5-3-2-4-6-14/h2-6,15-16H,7-12H2,1H3,(H,21,26)(H,24,25). The zero-order valence-electron chi connectivity index (χ0n) is 15.7. The molecule has 1 aliphatic heterocycles. The van der Waals surface area contributed by atoms with Crippen LogP contribution in [0.4, 0.5) is 4.79 Å². The van der Waals surface area contributed by atoms with Gasteiger partial charge in [0.15, 0.2) is 0 Å². The van der Waals surface area contributed by atoms with E-state index in [1.807, 2.05) is 30.3 Å². The van der Waals surface area contributed by atoms with E-state index in [1.165, 1.54) is 0 Å². The van der Waals surface area contributed by atoms with E-state index >= 15 is 0 Å². The third-order valence-corrected chi connectivity index (χ3v) is 4.54. The highest BCUT2D eigenvalue weighted by atomic mass is 16.5. The molecule has 0 radical (unpaired) electrons. The van der Waals surface area contributed by atoms with Crippen LogP contribution in [-0.2, 0) is 16.0 Å². The molecule has 0 spiro atoms. The minimum absolute atomic E-state index is 0.00828. The lowest BCUT2D eigenvalue weighted by atomic mass is 10.0. The molecule has 0 bridgehead atoms. The molecule has 2 unspecified atom stereocenters. The normalized spacial score (nSPS) is 17.9. The van der Waals surface area contributed by atoms with Crippen molar-refractivity contribution in [1.29, 1.82) is 0 Å². The van der Waals surface area contributed by atoms with Crippen LogP contribution in [0.2, 0.25) is 0 Å². The van der Waals surface area contributed by atoms with Crippen molar-refractivity contribution >= 4 is 12.0 Å². The van der Waals surface area contributed by atoms with Crippen molar-refractivity contribution in [2.75, 3.05) is 19.7 Å². The van der Waals surface area contributed by atoms with Gasteiger partial charge in [-0.15, -0.1) is 0 Å².